The maximum Gasteiger partial charge on any atom is 0.224 e. The highest BCUT2D eigenvalue weighted by Gasteiger charge is 2.32. The Labute approximate surface area is 227 Å². The number of benzene rings is 3. The van der Waals surface area contributed by atoms with Gasteiger partial charge in [-0.15, -0.1) is 0 Å². The van der Waals surface area contributed by atoms with Gasteiger partial charge >= 0.3 is 0 Å². The van der Waals surface area contributed by atoms with Gasteiger partial charge in [0, 0.05) is 37.1 Å². The zero-order valence-corrected chi connectivity index (χ0v) is 22.2. The first-order valence-corrected chi connectivity index (χ1v) is 13.2. The lowest BCUT2D eigenvalue weighted by atomic mass is 9.82. The van der Waals surface area contributed by atoms with Crippen LogP contribution in [0.3, 0.4) is 0 Å². The third-order valence-electron chi connectivity index (χ3n) is 7.13. The Morgan fingerprint density at radius 2 is 1.77 bits per heavy atom. The van der Waals surface area contributed by atoms with E-state index in [2.05, 4.69) is 23.6 Å². The summed E-state index contributed by atoms with van der Waals surface area (Å²) in [6.45, 7) is 2.73. The van der Waals surface area contributed by atoms with Crippen LogP contribution in [0, 0.1) is 17.6 Å². The summed E-state index contributed by atoms with van der Waals surface area (Å²) in [4.78, 5) is 26.1. The maximum absolute atomic E-state index is 13.9. The number of methoxy groups -OCH3 is 1. The zero-order valence-electron chi connectivity index (χ0n) is 22.2. The van der Waals surface area contributed by atoms with Crippen molar-refractivity contribution in [1.82, 2.24) is 10.6 Å². The molecule has 39 heavy (non-hydrogen) atoms. The fourth-order valence-corrected chi connectivity index (χ4v) is 5.03. The number of rotatable bonds is 11. The molecule has 4 rings (SSSR count). The number of fused-ring (bicyclic) bond motifs is 1. The Morgan fingerprint density at radius 3 is 2.49 bits per heavy atom. The maximum atomic E-state index is 13.9. The second-order valence-corrected chi connectivity index (χ2v) is 10.0. The van der Waals surface area contributed by atoms with Crippen molar-refractivity contribution >= 4 is 11.7 Å². The van der Waals surface area contributed by atoms with Gasteiger partial charge in [-0.1, -0.05) is 31.2 Å². The van der Waals surface area contributed by atoms with Crippen LogP contribution in [0.1, 0.15) is 46.0 Å². The van der Waals surface area contributed by atoms with E-state index in [-0.39, 0.29) is 25.2 Å². The number of ketones is 1. The van der Waals surface area contributed by atoms with Crippen molar-refractivity contribution in [2.75, 3.05) is 13.7 Å². The van der Waals surface area contributed by atoms with Crippen LogP contribution in [0.15, 0.2) is 60.7 Å². The summed E-state index contributed by atoms with van der Waals surface area (Å²) in [5.74, 6) is -2.04. The summed E-state index contributed by atoms with van der Waals surface area (Å²) >= 11 is 0. The van der Waals surface area contributed by atoms with Gasteiger partial charge in [0.2, 0.25) is 5.91 Å². The Bertz CT molecular complexity index is 1310. The summed E-state index contributed by atoms with van der Waals surface area (Å²) in [7, 11) is 1.53. The number of Topliss-reactive ketones (excluding diaryl/α,β-unsaturated/α-hetero) is 1. The molecule has 6 nitrogen and oxygen atoms in total. The van der Waals surface area contributed by atoms with Gasteiger partial charge in [-0.05, 0) is 71.8 Å². The number of aliphatic hydroxyl groups is 1. The molecule has 0 saturated carbocycles. The van der Waals surface area contributed by atoms with Gasteiger partial charge in [0.25, 0.3) is 0 Å². The van der Waals surface area contributed by atoms with Gasteiger partial charge < -0.3 is 20.5 Å². The van der Waals surface area contributed by atoms with Gasteiger partial charge in [0.1, 0.15) is 17.4 Å². The molecule has 1 amide bonds. The lowest BCUT2D eigenvalue weighted by molar-refractivity contribution is -0.126. The monoisotopic (exact) mass is 536 g/mol. The quantitative estimate of drug-likeness (QED) is 0.343. The number of nitrogens with one attached hydrogen (secondary N) is 2. The number of hydrogen-bond donors (Lipinski definition) is 3. The molecule has 0 aliphatic heterocycles. The van der Waals surface area contributed by atoms with Crippen LogP contribution in [-0.2, 0) is 30.6 Å². The first kappa shape index (κ1) is 28.4. The zero-order chi connectivity index (χ0) is 27.9. The fraction of sp³-hybridized carbons (Fsp3) is 0.355. The Morgan fingerprint density at radius 1 is 1.03 bits per heavy atom. The number of carbonyl (C=O) groups is 2. The van der Waals surface area contributed by atoms with E-state index >= 15 is 0 Å². The first-order valence-electron chi connectivity index (χ1n) is 13.2. The molecule has 0 bridgehead atoms. The molecule has 1 aliphatic carbocycles. The van der Waals surface area contributed by atoms with Crippen molar-refractivity contribution in [3.05, 3.63) is 100 Å². The van der Waals surface area contributed by atoms with Crippen molar-refractivity contribution in [3.8, 4) is 5.75 Å². The number of halogens is 2. The smallest absolute Gasteiger partial charge is 0.224 e. The van der Waals surface area contributed by atoms with Crippen molar-refractivity contribution in [2.24, 2.45) is 5.92 Å². The second-order valence-electron chi connectivity index (χ2n) is 10.0. The molecule has 0 fully saturated rings. The summed E-state index contributed by atoms with van der Waals surface area (Å²) in [5.41, 5.74) is 3.87. The predicted octanol–water partition coefficient (Wildman–Crippen LogP) is 4.16. The Hall–Kier alpha value is -3.62. The largest absolute Gasteiger partial charge is 0.497 e. The van der Waals surface area contributed by atoms with E-state index in [0.717, 1.165) is 23.6 Å². The molecule has 1 unspecified atom stereocenters. The number of ether oxygens (including phenoxy) is 1. The molecule has 8 heteroatoms. The summed E-state index contributed by atoms with van der Waals surface area (Å²) in [5, 5.41) is 17.1. The van der Waals surface area contributed by atoms with Gasteiger partial charge in [0.05, 0.1) is 19.3 Å². The lowest BCUT2D eigenvalue weighted by Crippen LogP contribution is -2.51. The normalized spacial score (nSPS) is 16.3. The second kappa shape index (κ2) is 13.0. The SMILES string of the molecule is CCc1cccc(CNC[C@H](O)[C@H](Cc2cc(F)cc(F)c2)NC(=O)C2CC(=O)c3ccc(OC)cc3C2)c1. The fourth-order valence-electron chi connectivity index (χ4n) is 5.03. The minimum absolute atomic E-state index is 0.0136. The highest BCUT2D eigenvalue weighted by atomic mass is 19.1. The molecular formula is C31H34F2N2O4. The minimum Gasteiger partial charge on any atom is -0.497 e. The first-order chi connectivity index (χ1) is 18.7. The number of amides is 1. The summed E-state index contributed by atoms with van der Waals surface area (Å²) in [6.07, 6.45) is 0.249. The van der Waals surface area contributed by atoms with E-state index in [4.69, 9.17) is 4.74 Å². The van der Waals surface area contributed by atoms with Crippen LogP contribution in [0.4, 0.5) is 8.78 Å². The molecule has 1 aliphatic rings. The van der Waals surface area contributed by atoms with Gasteiger partial charge in [-0.3, -0.25) is 9.59 Å². The molecule has 3 N–H and O–H groups in total. The van der Waals surface area contributed by atoms with Crippen molar-refractivity contribution in [1.29, 1.82) is 0 Å². The molecule has 3 aromatic carbocycles. The highest BCUT2D eigenvalue weighted by molar-refractivity contribution is 6.01. The van der Waals surface area contributed by atoms with Crippen molar-refractivity contribution in [3.63, 3.8) is 0 Å². The molecule has 3 aromatic rings. The Kier molecular flexibility index (Phi) is 9.43. The van der Waals surface area contributed by atoms with E-state index in [9.17, 15) is 23.5 Å². The third kappa shape index (κ3) is 7.49. The van der Waals surface area contributed by atoms with Crippen LogP contribution in [0.25, 0.3) is 0 Å². The van der Waals surface area contributed by atoms with Gasteiger partial charge in [-0.2, -0.15) is 0 Å². The van der Waals surface area contributed by atoms with Gasteiger partial charge in [-0.25, -0.2) is 8.78 Å². The van der Waals surface area contributed by atoms with E-state index in [0.29, 0.717) is 29.8 Å². The van der Waals surface area contributed by atoms with E-state index in [1.165, 1.54) is 24.8 Å². The van der Waals surface area contributed by atoms with Crippen LogP contribution < -0.4 is 15.4 Å². The Balaban J connectivity index is 1.47. The number of hydrogen-bond acceptors (Lipinski definition) is 5. The predicted molar refractivity (Wildman–Crippen MR) is 145 cm³/mol. The molecule has 0 spiro atoms. The van der Waals surface area contributed by atoms with Crippen LogP contribution in [-0.4, -0.2) is 42.6 Å². The molecule has 0 heterocycles. The van der Waals surface area contributed by atoms with Crippen molar-refractivity contribution in [2.45, 2.75) is 51.3 Å². The lowest BCUT2D eigenvalue weighted by Gasteiger charge is -2.29. The topological polar surface area (TPSA) is 87.7 Å². The van der Waals surface area contributed by atoms with Crippen molar-refractivity contribution < 1.29 is 28.2 Å². The number of aliphatic hydroxyl groups excluding tert-OH is 1. The van der Waals surface area contributed by atoms with E-state index in [1.807, 2.05) is 18.2 Å². The highest BCUT2D eigenvalue weighted by Crippen LogP contribution is 2.29. The number of carbonyl (C=O) groups excluding carboxylic acids is 2. The van der Waals surface area contributed by atoms with Crippen LogP contribution in [0.5, 0.6) is 5.75 Å². The average Bonchev–Trinajstić information content (AvgIpc) is 2.91. The molecule has 206 valence electrons. The van der Waals surface area contributed by atoms with E-state index < -0.39 is 35.6 Å². The molecule has 0 radical (unpaired) electrons. The minimum atomic E-state index is -1.05. The summed E-state index contributed by atoms with van der Waals surface area (Å²) < 4.78 is 33.0. The average molecular weight is 537 g/mol. The van der Waals surface area contributed by atoms with Crippen LogP contribution in [0.2, 0.25) is 0 Å². The summed E-state index contributed by atoms with van der Waals surface area (Å²) in [6, 6.07) is 15.6. The number of aryl methyl sites for hydroxylation is 1. The standard InChI is InChI=1S/C31H34F2N2O4/c1-3-19-5-4-6-20(9-19)17-34-18-30(37)28(12-21-10-24(32)16-25(33)11-21)35-31(38)23-13-22-14-26(39-2)7-8-27(22)29(36)15-23/h4-11,14,16,23,28,30,34,37H,3,12-13,15,17-18H2,1-2H3,(H,35,38)/t23?,28-,30-/m0/s1. The third-order valence-corrected chi connectivity index (χ3v) is 7.13. The molecule has 3 atom stereocenters. The van der Waals surface area contributed by atoms with E-state index in [1.54, 1.807) is 18.2 Å². The van der Waals surface area contributed by atoms with Gasteiger partial charge in [0.15, 0.2) is 5.78 Å². The molecule has 0 saturated heterocycles. The molecular weight excluding hydrogens is 502 g/mol. The molecule has 0 aromatic heterocycles. The van der Waals surface area contributed by atoms with Crippen LogP contribution >= 0.6 is 0 Å².